The van der Waals surface area contributed by atoms with Crippen LogP contribution in [0.5, 0.6) is 5.75 Å². The number of carbonyl (C=O) groups excluding carboxylic acids is 1. The summed E-state index contributed by atoms with van der Waals surface area (Å²) in [5.74, 6) is 4.02. The molecule has 3 rings (SSSR count). The molecular weight excluding hydrogens is 518 g/mol. The lowest BCUT2D eigenvalue weighted by Gasteiger charge is -2.55. The second kappa shape index (κ2) is 16.6. The fourth-order valence-corrected chi connectivity index (χ4v) is 9.49. The lowest BCUT2D eigenvalue weighted by Crippen LogP contribution is -2.49. The average molecular weight is 584 g/mol. The molecule has 0 amide bonds. The Morgan fingerprint density at radius 3 is 2.52 bits per heavy atom. The Morgan fingerprint density at radius 1 is 1.12 bits per heavy atom. The van der Waals surface area contributed by atoms with Crippen LogP contribution in [0, 0.1) is 40.4 Å². The van der Waals surface area contributed by atoms with Gasteiger partial charge in [0.25, 0.3) is 0 Å². The Kier molecular flexibility index (Phi) is 13.9. The molecule has 0 heterocycles. The minimum Gasteiger partial charge on any atom is -0.494 e. The molecule has 240 valence electrons. The van der Waals surface area contributed by atoms with Crippen LogP contribution in [0.1, 0.15) is 144 Å². The van der Waals surface area contributed by atoms with Gasteiger partial charge in [-0.1, -0.05) is 85.8 Å². The van der Waals surface area contributed by atoms with Gasteiger partial charge in [-0.15, -0.1) is 0 Å². The molecule has 0 spiro atoms. The normalized spacial score (nSPS) is 31.3. The molecule has 2 N–H and O–H groups in total. The van der Waals surface area contributed by atoms with E-state index in [0.717, 1.165) is 63.0 Å². The summed E-state index contributed by atoms with van der Waals surface area (Å²) in [4.78, 5) is 11.4. The van der Waals surface area contributed by atoms with Gasteiger partial charge in [-0.05, 0) is 111 Å². The Balaban J connectivity index is 1.74. The molecule has 7 unspecified atom stereocenters. The number of carbonyl (C=O) groups is 1. The Hall–Kier alpha value is -1.39. The van der Waals surface area contributed by atoms with E-state index in [1.165, 1.54) is 44.1 Å². The van der Waals surface area contributed by atoms with Crippen LogP contribution in [0.2, 0.25) is 0 Å². The van der Waals surface area contributed by atoms with Crippen molar-refractivity contribution in [3.63, 3.8) is 0 Å². The number of benzene rings is 1. The molecule has 4 nitrogen and oxygen atoms in total. The van der Waals surface area contributed by atoms with Crippen LogP contribution in [0.25, 0.3) is 0 Å². The molecule has 2 fully saturated rings. The fraction of sp³-hybridized carbons (Fsp3) is 0.816. The Bertz CT molecular complexity index is 929. The van der Waals surface area contributed by atoms with Crippen LogP contribution in [0.15, 0.2) is 24.3 Å². The third-order valence-electron chi connectivity index (χ3n) is 12.5. The maximum Gasteiger partial charge on any atom is 0.120 e. The van der Waals surface area contributed by atoms with Crippen LogP contribution in [0.3, 0.4) is 0 Å². The van der Waals surface area contributed by atoms with Gasteiger partial charge in [0, 0.05) is 17.9 Å². The lowest BCUT2D eigenvalue weighted by molar-refractivity contribution is -0.110. The minimum absolute atomic E-state index is 0.136. The first-order chi connectivity index (χ1) is 20.2. The number of rotatable bonds is 17. The predicted octanol–water partition coefficient (Wildman–Crippen LogP) is 9.55. The van der Waals surface area contributed by atoms with Crippen LogP contribution in [0.4, 0.5) is 0 Å². The predicted molar refractivity (Wildman–Crippen MR) is 177 cm³/mol. The smallest absolute Gasteiger partial charge is 0.120 e. The van der Waals surface area contributed by atoms with Crippen molar-refractivity contribution in [3.8, 4) is 5.75 Å². The van der Waals surface area contributed by atoms with E-state index in [9.17, 15) is 9.90 Å². The summed E-state index contributed by atoms with van der Waals surface area (Å²) in [7, 11) is 0. The maximum atomic E-state index is 11.4. The molecule has 0 aliphatic heterocycles. The third kappa shape index (κ3) is 8.00. The highest BCUT2D eigenvalue weighted by atomic mass is 16.5. The summed E-state index contributed by atoms with van der Waals surface area (Å²) in [6.45, 7) is 17.8. The van der Waals surface area contributed by atoms with Crippen molar-refractivity contribution in [1.82, 2.24) is 5.32 Å². The SMILES string of the molecule is CCC[C@H](NCC(CC)CC)c1cccc(OCCC2(C(C)O)CCCC3C(CCC(CC)C3(C)CCC=O)C2C)c1. The number of aliphatic hydroxyl groups is 1. The molecule has 42 heavy (non-hydrogen) atoms. The van der Waals surface area contributed by atoms with Gasteiger partial charge in [0.05, 0.1) is 12.7 Å². The van der Waals surface area contributed by atoms with E-state index in [1.807, 2.05) is 6.92 Å². The van der Waals surface area contributed by atoms with E-state index in [2.05, 4.69) is 71.1 Å². The third-order valence-corrected chi connectivity index (χ3v) is 12.5. The summed E-state index contributed by atoms with van der Waals surface area (Å²) in [6, 6.07) is 9.08. The number of hydrogen-bond acceptors (Lipinski definition) is 4. The average Bonchev–Trinajstić information content (AvgIpc) is 3.14. The fourth-order valence-electron chi connectivity index (χ4n) is 9.49. The zero-order valence-electron chi connectivity index (χ0n) is 28.3. The zero-order valence-corrected chi connectivity index (χ0v) is 28.3. The van der Waals surface area contributed by atoms with E-state index in [0.29, 0.717) is 42.7 Å². The number of aldehydes is 1. The van der Waals surface area contributed by atoms with Crippen molar-refractivity contribution in [3.05, 3.63) is 29.8 Å². The molecule has 0 radical (unpaired) electrons. The number of aliphatic hydroxyl groups excluding tert-OH is 1. The molecule has 4 heteroatoms. The monoisotopic (exact) mass is 583 g/mol. The first kappa shape index (κ1) is 35.1. The van der Waals surface area contributed by atoms with Crippen LogP contribution in [-0.2, 0) is 4.79 Å². The Morgan fingerprint density at radius 2 is 1.88 bits per heavy atom. The summed E-state index contributed by atoms with van der Waals surface area (Å²) in [5.41, 5.74) is 1.40. The van der Waals surface area contributed by atoms with Crippen molar-refractivity contribution in [2.24, 2.45) is 40.4 Å². The summed E-state index contributed by atoms with van der Waals surface area (Å²) < 4.78 is 6.50. The number of fused-ring (bicyclic) bond motifs is 1. The van der Waals surface area contributed by atoms with Crippen molar-refractivity contribution in [2.45, 2.75) is 144 Å². The number of hydrogen-bond donors (Lipinski definition) is 2. The quantitative estimate of drug-likeness (QED) is 0.179. The number of ether oxygens (including phenoxy) is 1. The molecule has 2 aliphatic carbocycles. The number of nitrogens with one attached hydrogen (secondary N) is 1. The topological polar surface area (TPSA) is 58.6 Å². The molecule has 1 aromatic rings. The van der Waals surface area contributed by atoms with E-state index in [1.54, 1.807) is 0 Å². The van der Waals surface area contributed by atoms with Gasteiger partial charge < -0.3 is 20.0 Å². The van der Waals surface area contributed by atoms with Gasteiger partial charge in [-0.3, -0.25) is 0 Å². The molecule has 0 saturated heterocycles. The van der Waals surface area contributed by atoms with Crippen molar-refractivity contribution >= 4 is 6.29 Å². The summed E-state index contributed by atoms with van der Waals surface area (Å²) in [6.07, 6.45) is 15.2. The van der Waals surface area contributed by atoms with Gasteiger partial charge >= 0.3 is 0 Å². The Labute approximate surface area is 259 Å². The second-order valence-electron chi connectivity index (χ2n) is 14.4. The van der Waals surface area contributed by atoms with Crippen molar-refractivity contribution < 1.29 is 14.6 Å². The van der Waals surface area contributed by atoms with Gasteiger partial charge in [0.1, 0.15) is 12.0 Å². The van der Waals surface area contributed by atoms with Gasteiger partial charge in [-0.2, -0.15) is 0 Å². The summed E-state index contributed by atoms with van der Waals surface area (Å²) >= 11 is 0. The van der Waals surface area contributed by atoms with Gasteiger partial charge in [0.2, 0.25) is 0 Å². The first-order valence-electron chi connectivity index (χ1n) is 17.8. The van der Waals surface area contributed by atoms with Crippen LogP contribution in [-0.4, -0.2) is 30.6 Å². The molecular formula is C38H65NO3. The van der Waals surface area contributed by atoms with Crippen molar-refractivity contribution in [1.29, 1.82) is 0 Å². The molecule has 8 atom stereocenters. The highest BCUT2D eigenvalue weighted by molar-refractivity contribution is 5.49. The summed E-state index contributed by atoms with van der Waals surface area (Å²) in [5, 5.41) is 15.2. The molecule has 0 aromatic heterocycles. The second-order valence-corrected chi connectivity index (χ2v) is 14.4. The zero-order chi connectivity index (χ0) is 30.8. The van der Waals surface area contributed by atoms with Crippen LogP contribution >= 0.6 is 0 Å². The van der Waals surface area contributed by atoms with E-state index in [4.69, 9.17) is 4.74 Å². The van der Waals surface area contributed by atoms with Gasteiger partial charge in [-0.25, -0.2) is 0 Å². The highest BCUT2D eigenvalue weighted by Crippen LogP contribution is 2.61. The molecule has 0 bridgehead atoms. The van der Waals surface area contributed by atoms with Gasteiger partial charge in [0.15, 0.2) is 0 Å². The largest absolute Gasteiger partial charge is 0.494 e. The standard InChI is InChI=1S/C38H65NO3/c1-8-15-36(39-27-30(9-2)10-3)31-16-12-17-33(26-31)42-25-23-38(29(6)41)22-13-18-35-34(28(38)5)20-19-32(11-4)37(35,7)21-14-24-40/h12,16-17,24,26,28-30,32,34-36,39,41H,8-11,13-15,18-23,25,27H2,1-7H3/t28?,29?,32?,34?,35?,36-,37?,38?/m0/s1. The van der Waals surface area contributed by atoms with E-state index in [-0.39, 0.29) is 16.9 Å². The minimum atomic E-state index is -0.366. The molecule has 1 aromatic carbocycles. The van der Waals surface area contributed by atoms with Crippen LogP contribution < -0.4 is 10.1 Å². The molecule has 2 aliphatic rings. The first-order valence-corrected chi connectivity index (χ1v) is 17.8. The molecule has 2 saturated carbocycles. The van der Waals surface area contributed by atoms with Crippen molar-refractivity contribution in [2.75, 3.05) is 13.2 Å². The van der Waals surface area contributed by atoms with E-state index >= 15 is 0 Å². The maximum absolute atomic E-state index is 11.4. The lowest BCUT2D eigenvalue weighted by atomic mass is 9.50. The van der Waals surface area contributed by atoms with E-state index < -0.39 is 0 Å². The highest BCUT2D eigenvalue weighted by Gasteiger charge is 2.54.